The fourth-order valence-corrected chi connectivity index (χ4v) is 3.65. The third kappa shape index (κ3) is 2.92. The van der Waals surface area contributed by atoms with Gasteiger partial charge in [0.05, 0.1) is 17.8 Å². The highest BCUT2D eigenvalue weighted by Crippen LogP contribution is 2.36. The second kappa shape index (κ2) is 5.86. The Balaban J connectivity index is 1.91. The predicted octanol–water partition coefficient (Wildman–Crippen LogP) is 3.15. The minimum atomic E-state index is -0.593. The zero-order chi connectivity index (χ0) is 16.6. The minimum Gasteiger partial charge on any atom is -0.349 e. The van der Waals surface area contributed by atoms with Crippen molar-refractivity contribution in [3.05, 3.63) is 35.2 Å². The van der Waals surface area contributed by atoms with Crippen molar-refractivity contribution in [2.75, 3.05) is 11.5 Å². The molecule has 23 heavy (non-hydrogen) atoms. The second-order valence-corrected chi connectivity index (χ2v) is 7.01. The number of rotatable bonds is 4. The van der Waals surface area contributed by atoms with E-state index in [1.165, 1.54) is 11.3 Å². The topological polar surface area (TPSA) is 59.5 Å². The van der Waals surface area contributed by atoms with Crippen molar-refractivity contribution in [2.24, 2.45) is 0 Å². The van der Waals surface area contributed by atoms with Crippen molar-refractivity contribution in [1.29, 1.82) is 0 Å². The summed E-state index contributed by atoms with van der Waals surface area (Å²) >= 11 is 1.48. The Morgan fingerprint density at radius 3 is 2.70 bits per heavy atom. The van der Waals surface area contributed by atoms with Crippen LogP contribution in [-0.4, -0.2) is 35.4 Å². The monoisotopic (exact) mass is 330 g/mol. The number of hydrogen-bond donors (Lipinski definition) is 0. The number of ether oxygens (including phenoxy) is 1. The Morgan fingerprint density at radius 2 is 2.09 bits per heavy atom. The number of carbonyl (C=O) groups excluding carboxylic acids is 2. The van der Waals surface area contributed by atoms with Gasteiger partial charge in [-0.15, -0.1) is 11.3 Å². The molecule has 1 fully saturated rings. The van der Waals surface area contributed by atoms with Crippen LogP contribution in [0.5, 0.6) is 0 Å². The van der Waals surface area contributed by atoms with Gasteiger partial charge in [-0.1, -0.05) is 24.3 Å². The number of aromatic nitrogens is 1. The van der Waals surface area contributed by atoms with E-state index in [1.54, 1.807) is 19.1 Å². The number of benzene rings is 1. The summed E-state index contributed by atoms with van der Waals surface area (Å²) in [6, 6.07) is 7.37. The molecular weight excluding hydrogens is 312 g/mol. The highest BCUT2D eigenvalue weighted by atomic mass is 32.1. The fourth-order valence-electron chi connectivity index (χ4n) is 2.63. The maximum atomic E-state index is 11.3. The summed E-state index contributed by atoms with van der Waals surface area (Å²) in [6.45, 7) is 6.09. The summed E-state index contributed by atoms with van der Waals surface area (Å²) in [7, 11) is 0. The van der Waals surface area contributed by atoms with Crippen LogP contribution in [-0.2, 0) is 9.53 Å². The van der Waals surface area contributed by atoms with Crippen LogP contribution >= 0.6 is 11.3 Å². The first-order valence-electron chi connectivity index (χ1n) is 7.35. The molecule has 0 bridgehead atoms. The molecule has 0 aliphatic carbocycles. The van der Waals surface area contributed by atoms with Crippen LogP contribution in [0.15, 0.2) is 29.6 Å². The highest BCUT2D eigenvalue weighted by Gasteiger charge is 2.42. The molecule has 0 amide bonds. The molecule has 120 valence electrons. The molecule has 1 aromatic carbocycles. The molecule has 3 rings (SSSR count). The van der Waals surface area contributed by atoms with Gasteiger partial charge in [0.2, 0.25) is 0 Å². The lowest BCUT2D eigenvalue weighted by Gasteiger charge is -2.30. The standard InChI is InChI=1S/C17H18N2O3S/c1-11(21)12-4-6-13(7-5-12)14-9-23-16(18-14)19-15(8-20)22-10-17(19,2)3/h4-9,15H,10H2,1-3H3. The molecule has 1 aliphatic rings. The largest absolute Gasteiger partial charge is 0.349 e. The molecule has 0 radical (unpaired) electrons. The molecule has 5 nitrogen and oxygen atoms in total. The molecule has 1 atom stereocenters. The molecule has 0 spiro atoms. The molecule has 6 heteroatoms. The first kappa shape index (κ1) is 15.8. The molecule has 1 aromatic heterocycles. The number of nitrogens with zero attached hydrogens (tertiary/aromatic N) is 2. The summed E-state index contributed by atoms with van der Waals surface area (Å²) in [4.78, 5) is 29.1. The first-order valence-corrected chi connectivity index (χ1v) is 8.23. The number of anilines is 1. The Bertz CT molecular complexity index is 737. The van der Waals surface area contributed by atoms with E-state index in [4.69, 9.17) is 4.74 Å². The van der Waals surface area contributed by atoms with Crippen molar-refractivity contribution in [3.63, 3.8) is 0 Å². The number of Topliss-reactive ketones (excluding diaryl/α,β-unsaturated/α-hetero) is 1. The van der Waals surface area contributed by atoms with Gasteiger partial charge < -0.3 is 9.64 Å². The maximum Gasteiger partial charge on any atom is 0.189 e. The van der Waals surface area contributed by atoms with Gasteiger partial charge in [-0.3, -0.25) is 9.59 Å². The van der Waals surface area contributed by atoms with Crippen molar-refractivity contribution in [2.45, 2.75) is 32.5 Å². The van der Waals surface area contributed by atoms with Crippen molar-refractivity contribution < 1.29 is 14.3 Å². The molecule has 2 aromatic rings. The van der Waals surface area contributed by atoms with E-state index in [2.05, 4.69) is 4.98 Å². The van der Waals surface area contributed by atoms with Gasteiger partial charge in [0, 0.05) is 16.5 Å². The van der Waals surface area contributed by atoms with Gasteiger partial charge in [0.1, 0.15) is 0 Å². The van der Waals surface area contributed by atoms with Crippen LogP contribution in [0, 0.1) is 0 Å². The molecule has 1 aliphatic heterocycles. The summed E-state index contributed by atoms with van der Waals surface area (Å²) in [5.74, 6) is 0.0420. The highest BCUT2D eigenvalue weighted by molar-refractivity contribution is 7.14. The Labute approximate surface area is 138 Å². The lowest BCUT2D eigenvalue weighted by molar-refractivity contribution is -0.115. The van der Waals surface area contributed by atoms with E-state index < -0.39 is 6.23 Å². The van der Waals surface area contributed by atoms with Gasteiger partial charge in [-0.2, -0.15) is 0 Å². The Hall–Kier alpha value is -2.05. The third-order valence-corrected chi connectivity index (χ3v) is 4.76. The second-order valence-electron chi connectivity index (χ2n) is 6.17. The van der Waals surface area contributed by atoms with Crippen LogP contribution in [0.3, 0.4) is 0 Å². The fraction of sp³-hybridized carbons (Fsp3) is 0.353. The van der Waals surface area contributed by atoms with E-state index in [-0.39, 0.29) is 11.3 Å². The first-order chi connectivity index (χ1) is 10.9. The average Bonchev–Trinajstić information content (AvgIpc) is 3.10. The molecule has 0 N–H and O–H groups in total. The van der Waals surface area contributed by atoms with Gasteiger partial charge in [-0.25, -0.2) is 4.98 Å². The number of carbonyl (C=O) groups is 2. The average molecular weight is 330 g/mol. The van der Waals surface area contributed by atoms with E-state index in [1.807, 2.05) is 36.3 Å². The lowest BCUT2D eigenvalue weighted by atomic mass is 10.1. The van der Waals surface area contributed by atoms with Crippen LogP contribution < -0.4 is 4.90 Å². The van der Waals surface area contributed by atoms with E-state index in [9.17, 15) is 9.59 Å². The number of aldehydes is 1. The van der Waals surface area contributed by atoms with Gasteiger partial charge in [0.15, 0.2) is 23.4 Å². The van der Waals surface area contributed by atoms with E-state index in [0.717, 1.165) is 22.7 Å². The molecule has 1 saturated heterocycles. The van der Waals surface area contributed by atoms with Crippen LogP contribution in [0.2, 0.25) is 0 Å². The van der Waals surface area contributed by atoms with Crippen LogP contribution in [0.1, 0.15) is 31.1 Å². The Kier molecular flexibility index (Phi) is 4.04. The minimum absolute atomic E-state index is 0.0420. The van der Waals surface area contributed by atoms with Crippen LogP contribution in [0.4, 0.5) is 5.13 Å². The molecular formula is C17H18N2O3S. The molecule has 2 heterocycles. The van der Waals surface area contributed by atoms with Crippen LogP contribution in [0.25, 0.3) is 11.3 Å². The normalized spacial score (nSPS) is 19.8. The zero-order valence-corrected chi connectivity index (χ0v) is 14.1. The number of hydrogen-bond acceptors (Lipinski definition) is 6. The predicted molar refractivity (Wildman–Crippen MR) is 89.9 cm³/mol. The van der Waals surface area contributed by atoms with Crippen molar-refractivity contribution in [3.8, 4) is 11.3 Å². The zero-order valence-electron chi connectivity index (χ0n) is 13.3. The quantitative estimate of drug-likeness (QED) is 0.636. The maximum absolute atomic E-state index is 11.3. The lowest BCUT2D eigenvalue weighted by Crippen LogP contribution is -2.45. The van der Waals surface area contributed by atoms with Crippen molar-refractivity contribution in [1.82, 2.24) is 4.98 Å². The molecule has 1 unspecified atom stereocenters. The van der Waals surface area contributed by atoms with Gasteiger partial charge >= 0.3 is 0 Å². The van der Waals surface area contributed by atoms with Gasteiger partial charge in [-0.05, 0) is 20.8 Å². The smallest absolute Gasteiger partial charge is 0.189 e. The summed E-state index contributed by atoms with van der Waals surface area (Å²) in [5, 5.41) is 2.71. The number of thiazole rings is 1. The SMILES string of the molecule is CC(=O)c1ccc(-c2csc(N3C(C=O)OCC3(C)C)n2)cc1. The van der Waals surface area contributed by atoms with E-state index in [0.29, 0.717) is 12.2 Å². The number of ketones is 1. The van der Waals surface area contributed by atoms with Crippen molar-refractivity contribution >= 4 is 28.5 Å². The Morgan fingerprint density at radius 1 is 1.39 bits per heavy atom. The van der Waals surface area contributed by atoms with E-state index >= 15 is 0 Å². The summed E-state index contributed by atoms with van der Waals surface area (Å²) in [6.07, 6.45) is 0.210. The summed E-state index contributed by atoms with van der Waals surface area (Å²) in [5.41, 5.74) is 2.17. The molecule has 0 saturated carbocycles. The summed E-state index contributed by atoms with van der Waals surface area (Å²) < 4.78 is 5.53. The third-order valence-electron chi connectivity index (χ3n) is 3.92. The van der Waals surface area contributed by atoms with Gasteiger partial charge in [0.25, 0.3) is 0 Å².